The molecule has 0 saturated heterocycles. The molecule has 2 rings (SSSR count). The Morgan fingerprint density at radius 1 is 0.514 bits per heavy atom. The van der Waals surface area contributed by atoms with Gasteiger partial charge in [0.2, 0.25) is 0 Å². The first-order valence-corrected chi connectivity index (χ1v) is 13.3. The third-order valence-corrected chi connectivity index (χ3v) is 7.01. The SMILES string of the molecule is CC(C)CC(c1cc(C(C)(C)C)c(O)c(C(C)(C)C)c1)c1cc(C(C)(C)C)c(O)c(C(C)(C)C)c1. The fourth-order valence-electron chi connectivity index (χ4n) is 4.94. The molecule has 0 aliphatic carbocycles. The van der Waals surface area contributed by atoms with Crippen LogP contribution >= 0.6 is 0 Å². The second-order valence-corrected chi connectivity index (χ2v) is 15.1. The van der Waals surface area contributed by atoms with Crippen molar-refractivity contribution in [2.75, 3.05) is 0 Å². The lowest BCUT2D eigenvalue weighted by atomic mass is 9.73. The van der Waals surface area contributed by atoms with Crippen molar-refractivity contribution in [2.24, 2.45) is 5.92 Å². The molecule has 0 aliphatic heterocycles. The van der Waals surface area contributed by atoms with Gasteiger partial charge in [-0.1, -0.05) is 121 Å². The molecule has 2 N–H and O–H groups in total. The van der Waals surface area contributed by atoms with Crippen LogP contribution in [0.5, 0.6) is 11.5 Å². The second kappa shape index (κ2) is 9.49. The normalized spacial score (nSPS) is 13.7. The third kappa shape index (κ3) is 6.63. The molecule has 196 valence electrons. The number of hydrogen-bond donors (Lipinski definition) is 2. The van der Waals surface area contributed by atoms with E-state index in [0.29, 0.717) is 17.4 Å². The molecule has 0 heterocycles. The molecule has 2 nitrogen and oxygen atoms in total. The average molecular weight is 481 g/mol. The van der Waals surface area contributed by atoms with E-state index in [1.54, 1.807) is 0 Å². The molecule has 0 radical (unpaired) electrons. The molecular formula is C33H52O2. The Balaban J connectivity index is 2.98. The van der Waals surface area contributed by atoms with Gasteiger partial charge in [0.1, 0.15) is 11.5 Å². The van der Waals surface area contributed by atoms with Crippen LogP contribution in [0, 0.1) is 5.92 Å². The quantitative estimate of drug-likeness (QED) is 0.457. The summed E-state index contributed by atoms with van der Waals surface area (Å²) in [6.45, 7) is 30.6. The number of phenols is 2. The van der Waals surface area contributed by atoms with E-state index < -0.39 is 0 Å². The van der Waals surface area contributed by atoms with Crippen molar-refractivity contribution >= 4 is 0 Å². The number of aromatic hydroxyl groups is 2. The number of phenolic OH excluding ortho intramolecular Hbond substituents is 2. The van der Waals surface area contributed by atoms with E-state index >= 15 is 0 Å². The van der Waals surface area contributed by atoms with Crippen LogP contribution in [0.15, 0.2) is 24.3 Å². The minimum atomic E-state index is -0.176. The van der Waals surface area contributed by atoms with E-state index in [0.717, 1.165) is 28.7 Å². The van der Waals surface area contributed by atoms with E-state index in [-0.39, 0.29) is 27.6 Å². The van der Waals surface area contributed by atoms with Crippen LogP contribution in [0.25, 0.3) is 0 Å². The van der Waals surface area contributed by atoms with Gasteiger partial charge in [-0.2, -0.15) is 0 Å². The van der Waals surface area contributed by atoms with Crippen LogP contribution < -0.4 is 0 Å². The van der Waals surface area contributed by atoms with Crippen molar-refractivity contribution in [3.63, 3.8) is 0 Å². The first kappa shape index (κ1) is 29.3. The Morgan fingerprint density at radius 2 is 0.743 bits per heavy atom. The summed E-state index contributed by atoms with van der Waals surface area (Å²) in [7, 11) is 0. The minimum absolute atomic E-state index is 0.167. The van der Waals surface area contributed by atoms with Gasteiger partial charge in [-0.15, -0.1) is 0 Å². The second-order valence-electron chi connectivity index (χ2n) is 15.1. The number of hydrogen-bond acceptors (Lipinski definition) is 2. The fourth-order valence-corrected chi connectivity index (χ4v) is 4.94. The summed E-state index contributed by atoms with van der Waals surface area (Å²) < 4.78 is 0. The molecule has 0 saturated carbocycles. The molecule has 2 aromatic carbocycles. The van der Waals surface area contributed by atoms with Crippen LogP contribution in [0.1, 0.15) is 143 Å². The number of rotatable bonds is 4. The lowest BCUT2D eigenvalue weighted by Gasteiger charge is -2.32. The van der Waals surface area contributed by atoms with Gasteiger partial charge in [0, 0.05) is 5.92 Å². The smallest absolute Gasteiger partial charge is 0.123 e. The third-order valence-electron chi connectivity index (χ3n) is 7.01. The zero-order valence-electron chi connectivity index (χ0n) is 25.1. The van der Waals surface area contributed by atoms with Gasteiger partial charge in [-0.05, 0) is 67.4 Å². The average Bonchev–Trinajstić information content (AvgIpc) is 2.62. The summed E-state index contributed by atoms with van der Waals surface area (Å²) >= 11 is 0. The van der Waals surface area contributed by atoms with Crippen LogP contribution in [-0.2, 0) is 21.7 Å². The van der Waals surface area contributed by atoms with E-state index in [1.807, 2.05) is 0 Å². The highest BCUT2D eigenvalue weighted by atomic mass is 16.3. The Bertz CT molecular complexity index is 893. The van der Waals surface area contributed by atoms with Gasteiger partial charge >= 0.3 is 0 Å². The Labute approximate surface area is 216 Å². The maximum atomic E-state index is 11.3. The van der Waals surface area contributed by atoms with Crippen molar-refractivity contribution in [1.82, 2.24) is 0 Å². The van der Waals surface area contributed by atoms with E-state index in [9.17, 15) is 10.2 Å². The molecule has 0 bridgehead atoms. The van der Waals surface area contributed by atoms with Crippen molar-refractivity contribution in [3.05, 3.63) is 57.6 Å². The molecule has 0 unspecified atom stereocenters. The first-order chi connectivity index (χ1) is 15.5. The lowest BCUT2D eigenvalue weighted by Crippen LogP contribution is -2.20. The van der Waals surface area contributed by atoms with Gasteiger partial charge in [-0.3, -0.25) is 0 Å². The summed E-state index contributed by atoms with van der Waals surface area (Å²) in [5.41, 5.74) is 5.79. The summed E-state index contributed by atoms with van der Waals surface area (Å²) in [5.74, 6) is 1.51. The highest BCUT2D eigenvalue weighted by molar-refractivity contribution is 5.55. The van der Waals surface area contributed by atoms with Crippen molar-refractivity contribution in [3.8, 4) is 11.5 Å². The summed E-state index contributed by atoms with van der Waals surface area (Å²) in [6.07, 6.45) is 0.996. The van der Waals surface area contributed by atoms with Gasteiger partial charge < -0.3 is 10.2 Å². The van der Waals surface area contributed by atoms with Crippen molar-refractivity contribution in [1.29, 1.82) is 0 Å². The summed E-state index contributed by atoms with van der Waals surface area (Å²) in [6, 6.07) is 8.94. The summed E-state index contributed by atoms with van der Waals surface area (Å²) in [5, 5.41) is 22.6. The molecule has 0 spiro atoms. The van der Waals surface area contributed by atoms with Crippen molar-refractivity contribution in [2.45, 2.75) is 131 Å². The maximum Gasteiger partial charge on any atom is 0.123 e. The zero-order chi connectivity index (χ0) is 27.3. The monoisotopic (exact) mass is 480 g/mol. The molecule has 2 aromatic rings. The highest BCUT2D eigenvalue weighted by Gasteiger charge is 2.32. The summed E-state index contributed by atoms with van der Waals surface area (Å²) in [4.78, 5) is 0. The van der Waals surface area contributed by atoms with Crippen LogP contribution in [0.3, 0.4) is 0 Å². The lowest BCUT2D eigenvalue weighted by molar-refractivity contribution is 0.420. The Kier molecular flexibility index (Phi) is 7.94. The molecule has 0 atom stereocenters. The van der Waals surface area contributed by atoms with E-state index in [2.05, 4.69) is 121 Å². The largest absolute Gasteiger partial charge is 0.507 e. The Morgan fingerprint density at radius 3 is 0.914 bits per heavy atom. The molecule has 0 aliphatic rings. The van der Waals surface area contributed by atoms with Gasteiger partial charge in [0.15, 0.2) is 0 Å². The van der Waals surface area contributed by atoms with Gasteiger partial charge in [-0.25, -0.2) is 0 Å². The maximum absolute atomic E-state index is 11.3. The van der Waals surface area contributed by atoms with Crippen molar-refractivity contribution < 1.29 is 10.2 Å². The topological polar surface area (TPSA) is 40.5 Å². The predicted octanol–water partition coefficient (Wildman–Crippen LogP) is 9.47. The molecule has 0 fully saturated rings. The van der Waals surface area contributed by atoms with Crippen LogP contribution in [0.2, 0.25) is 0 Å². The molecule has 0 amide bonds. The minimum Gasteiger partial charge on any atom is -0.507 e. The Hall–Kier alpha value is -1.96. The molecule has 35 heavy (non-hydrogen) atoms. The van der Waals surface area contributed by atoms with Gasteiger partial charge in [0.05, 0.1) is 0 Å². The standard InChI is InChI=1S/C33H52O2/c1-20(2)15-23(21-16-24(30(3,4)5)28(34)25(17-21)31(6,7)8)22-18-26(32(9,10)11)29(35)27(19-22)33(12,13)14/h16-20,23,34-35H,15H2,1-14H3. The van der Waals surface area contributed by atoms with Crippen LogP contribution in [0.4, 0.5) is 0 Å². The zero-order valence-corrected chi connectivity index (χ0v) is 25.1. The van der Waals surface area contributed by atoms with Crippen LogP contribution in [-0.4, -0.2) is 10.2 Å². The fraction of sp³-hybridized carbons (Fsp3) is 0.636. The first-order valence-electron chi connectivity index (χ1n) is 13.3. The highest BCUT2D eigenvalue weighted by Crippen LogP contribution is 2.46. The molecular weight excluding hydrogens is 428 g/mol. The predicted molar refractivity (Wildman–Crippen MR) is 152 cm³/mol. The molecule has 2 heteroatoms. The van der Waals surface area contributed by atoms with E-state index in [1.165, 1.54) is 11.1 Å². The van der Waals surface area contributed by atoms with Gasteiger partial charge in [0.25, 0.3) is 0 Å². The number of benzene rings is 2. The van der Waals surface area contributed by atoms with E-state index in [4.69, 9.17) is 0 Å². The molecule has 0 aromatic heterocycles.